The van der Waals surface area contributed by atoms with Crippen molar-refractivity contribution >= 4 is 17.8 Å². The first kappa shape index (κ1) is 17.0. The van der Waals surface area contributed by atoms with E-state index in [1.54, 1.807) is 0 Å². The molecular weight excluding hydrogens is 298 g/mol. The molecule has 2 amide bonds. The van der Waals surface area contributed by atoms with Crippen molar-refractivity contribution in [3.63, 3.8) is 0 Å². The van der Waals surface area contributed by atoms with E-state index in [9.17, 15) is 14.4 Å². The van der Waals surface area contributed by atoms with Gasteiger partial charge in [0, 0.05) is 19.5 Å². The average Bonchev–Trinajstić information content (AvgIpc) is 2.52. The number of amides is 2. The molecule has 1 aromatic carbocycles. The summed E-state index contributed by atoms with van der Waals surface area (Å²) in [5.74, 6) is -1.60. The number of hydrogen-bond donors (Lipinski definition) is 3. The number of likely N-dealkylation sites (N-methyl/N-ethyl adjacent to an activating group) is 1. The number of rotatable bonds is 6. The first-order valence-corrected chi connectivity index (χ1v) is 7.50. The van der Waals surface area contributed by atoms with Crippen LogP contribution in [0.4, 0.5) is 0 Å². The molecule has 23 heavy (non-hydrogen) atoms. The highest BCUT2D eigenvalue weighted by Crippen LogP contribution is 2.21. The van der Waals surface area contributed by atoms with Gasteiger partial charge in [0.2, 0.25) is 11.8 Å². The molecule has 0 saturated carbocycles. The molecular formula is C16H21N3O4. The molecule has 0 saturated heterocycles. The van der Waals surface area contributed by atoms with Crippen LogP contribution in [0, 0.1) is 0 Å². The predicted octanol–water partition coefficient (Wildman–Crippen LogP) is -0.250. The van der Waals surface area contributed by atoms with Crippen molar-refractivity contribution in [2.24, 2.45) is 0 Å². The third-order valence-corrected chi connectivity index (χ3v) is 3.87. The van der Waals surface area contributed by atoms with Crippen LogP contribution in [0.15, 0.2) is 24.3 Å². The Bertz CT molecular complexity index is 603. The number of nitrogens with zero attached hydrogens (tertiary/aromatic N) is 1. The Morgan fingerprint density at radius 3 is 2.61 bits per heavy atom. The molecule has 2 rings (SSSR count). The van der Waals surface area contributed by atoms with E-state index in [1.165, 1.54) is 11.1 Å². The highest BCUT2D eigenvalue weighted by molar-refractivity contribution is 5.84. The lowest BCUT2D eigenvalue weighted by molar-refractivity contribution is -0.138. The summed E-state index contributed by atoms with van der Waals surface area (Å²) in [7, 11) is 1.90. The molecule has 0 unspecified atom stereocenters. The summed E-state index contributed by atoms with van der Waals surface area (Å²) < 4.78 is 0. The predicted molar refractivity (Wildman–Crippen MR) is 83.7 cm³/mol. The molecule has 0 fully saturated rings. The largest absolute Gasteiger partial charge is 0.480 e. The lowest BCUT2D eigenvalue weighted by atomic mass is 9.94. The Morgan fingerprint density at radius 1 is 1.22 bits per heavy atom. The third kappa shape index (κ3) is 4.79. The number of hydrogen-bond acceptors (Lipinski definition) is 4. The van der Waals surface area contributed by atoms with E-state index in [1.807, 2.05) is 30.1 Å². The van der Waals surface area contributed by atoms with Crippen LogP contribution in [0.1, 0.15) is 17.5 Å². The van der Waals surface area contributed by atoms with Crippen molar-refractivity contribution in [2.45, 2.75) is 25.4 Å². The summed E-state index contributed by atoms with van der Waals surface area (Å²) in [6.45, 7) is 0.499. The quantitative estimate of drug-likeness (QED) is 0.671. The van der Waals surface area contributed by atoms with Crippen molar-refractivity contribution in [1.82, 2.24) is 15.5 Å². The van der Waals surface area contributed by atoms with E-state index in [0.29, 0.717) is 13.0 Å². The van der Waals surface area contributed by atoms with Gasteiger partial charge in [0.1, 0.15) is 6.54 Å². The number of benzene rings is 1. The number of carboxylic acids is 1. The van der Waals surface area contributed by atoms with Gasteiger partial charge in [0.25, 0.3) is 0 Å². The topological polar surface area (TPSA) is 98.7 Å². The van der Waals surface area contributed by atoms with Crippen LogP contribution in [0.2, 0.25) is 0 Å². The molecule has 1 aliphatic rings. The van der Waals surface area contributed by atoms with Gasteiger partial charge in [-0.15, -0.1) is 0 Å². The first-order chi connectivity index (χ1) is 11.0. The third-order valence-electron chi connectivity index (χ3n) is 3.87. The van der Waals surface area contributed by atoms with Gasteiger partial charge in [-0.1, -0.05) is 24.3 Å². The Balaban J connectivity index is 1.80. The SMILES string of the molecule is CN1Cc2ccccc2C[C@@H]1C(=O)NCCC(=O)NCC(=O)O. The fourth-order valence-electron chi connectivity index (χ4n) is 2.63. The minimum Gasteiger partial charge on any atom is -0.480 e. The zero-order valence-electron chi connectivity index (χ0n) is 13.0. The Hall–Kier alpha value is -2.41. The van der Waals surface area contributed by atoms with Gasteiger partial charge < -0.3 is 15.7 Å². The van der Waals surface area contributed by atoms with Crippen LogP contribution >= 0.6 is 0 Å². The van der Waals surface area contributed by atoms with E-state index >= 15 is 0 Å². The number of carboxylic acid groups (broad SMARTS) is 1. The minimum absolute atomic E-state index is 0.0615. The van der Waals surface area contributed by atoms with Gasteiger partial charge in [-0.05, 0) is 24.6 Å². The van der Waals surface area contributed by atoms with Crippen LogP contribution in [0.25, 0.3) is 0 Å². The molecule has 1 atom stereocenters. The van der Waals surface area contributed by atoms with Crippen molar-refractivity contribution in [3.05, 3.63) is 35.4 Å². The summed E-state index contributed by atoms with van der Waals surface area (Å²) >= 11 is 0. The van der Waals surface area contributed by atoms with E-state index in [2.05, 4.69) is 16.7 Å². The fourth-order valence-corrected chi connectivity index (χ4v) is 2.63. The van der Waals surface area contributed by atoms with Crippen LogP contribution in [-0.2, 0) is 27.3 Å². The molecule has 0 aromatic heterocycles. The Morgan fingerprint density at radius 2 is 1.91 bits per heavy atom. The molecule has 0 radical (unpaired) electrons. The van der Waals surface area contributed by atoms with Crippen molar-refractivity contribution < 1.29 is 19.5 Å². The summed E-state index contributed by atoms with van der Waals surface area (Å²) in [6.07, 6.45) is 0.704. The van der Waals surface area contributed by atoms with Crippen LogP contribution in [0.5, 0.6) is 0 Å². The summed E-state index contributed by atoms with van der Waals surface area (Å²) in [5.41, 5.74) is 2.40. The standard InChI is InChI=1S/C16H21N3O4/c1-19-10-12-5-3-2-4-11(12)8-13(19)16(23)17-7-6-14(20)18-9-15(21)22/h2-5,13H,6-10H2,1H3,(H,17,23)(H,18,20)(H,21,22)/t13-/m1/s1. The molecule has 7 heteroatoms. The lowest BCUT2D eigenvalue weighted by Crippen LogP contribution is -2.49. The molecule has 0 aliphatic carbocycles. The second-order valence-corrected chi connectivity index (χ2v) is 5.62. The van der Waals surface area contributed by atoms with Gasteiger partial charge in [0.15, 0.2) is 0 Å². The van der Waals surface area contributed by atoms with Crippen LogP contribution < -0.4 is 10.6 Å². The zero-order chi connectivity index (χ0) is 16.8. The molecule has 7 nitrogen and oxygen atoms in total. The minimum atomic E-state index is -1.09. The molecule has 124 valence electrons. The van der Waals surface area contributed by atoms with Gasteiger partial charge in [-0.2, -0.15) is 0 Å². The smallest absolute Gasteiger partial charge is 0.322 e. The highest BCUT2D eigenvalue weighted by atomic mass is 16.4. The van der Waals surface area contributed by atoms with E-state index in [4.69, 9.17) is 5.11 Å². The van der Waals surface area contributed by atoms with Crippen molar-refractivity contribution in [1.29, 1.82) is 0 Å². The van der Waals surface area contributed by atoms with Gasteiger partial charge in [-0.25, -0.2) is 0 Å². The lowest BCUT2D eigenvalue weighted by Gasteiger charge is -2.33. The monoisotopic (exact) mass is 319 g/mol. The Labute approximate surface area is 134 Å². The summed E-state index contributed by atoms with van der Waals surface area (Å²) in [6, 6.07) is 7.79. The second kappa shape index (κ2) is 7.73. The normalized spacial score (nSPS) is 17.2. The average molecular weight is 319 g/mol. The number of fused-ring (bicyclic) bond motifs is 1. The van der Waals surface area contributed by atoms with Crippen molar-refractivity contribution in [3.8, 4) is 0 Å². The van der Waals surface area contributed by atoms with Gasteiger partial charge in [0.05, 0.1) is 6.04 Å². The molecule has 1 aromatic rings. The maximum Gasteiger partial charge on any atom is 0.322 e. The van der Waals surface area contributed by atoms with E-state index in [0.717, 1.165) is 0 Å². The number of carbonyl (C=O) groups is 3. The summed E-state index contributed by atoms with van der Waals surface area (Å²) in [5, 5.41) is 13.5. The molecule has 1 aliphatic heterocycles. The van der Waals surface area contributed by atoms with Crippen LogP contribution in [-0.4, -0.2) is 54.0 Å². The van der Waals surface area contributed by atoms with Crippen LogP contribution in [0.3, 0.4) is 0 Å². The van der Waals surface area contributed by atoms with E-state index in [-0.39, 0.29) is 24.9 Å². The number of nitrogens with one attached hydrogen (secondary N) is 2. The molecule has 0 spiro atoms. The second-order valence-electron chi connectivity index (χ2n) is 5.62. The maximum absolute atomic E-state index is 12.3. The number of aliphatic carboxylic acids is 1. The van der Waals surface area contributed by atoms with Gasteiger partial charge >= 0.3 is 5.97 Å². The zero-order valence-corrected chi connectivity index (χ0v) is 13.0. The maximum atomic E-state index is 12.3. The first-order valence-electron chi connectivity index (χ1n) is 7.50. The number of carbonyl (C=O) groups excluding carboxylic acids is 2. The summed E-state index contributed by atoms with van der Waals surface area (Å²) in [4.78, 5) is 36.0. The molecule has 1 heterocycles. The highest BCUT2D eigenvalue weighted by Gasteiger charge is 2.28. The van der Waals surface area contributed by atoms with E-state index < -0.39 is 18.4 Å². The Kier molecular flexibility index (Phi) is 5.70. The van der Waals surface area contributed by atoms with Crippen molar-refractivity contribution in [2.75, 3.05) is 20.1 Å². The molecule has 3 N–H and O–H groups in total. The molecule has 0 bridgehead atoms. The van der Waals surface area contributed by atoms with Gasteiger partial charge in [-0.3, -0.25) is 19.3 Å². The fraction of sp³-hybridized carbons (Fsp3) is 0.438.